The predicted molar refractivity (Wildman–Crippen MR) is 74.2 cm³/mol. The molecule has 94 valence electrons. The number of rotatable bonds is 3. The quantitative estimate of drug-likeness (QED) is 0.830. The number of nitrogens with one attached hydrogen (secondary N) is 1. The average Bonchev–Trinajstić information content (AvgIpc) is 2.33. The lowest BCUT2D eigenvalue weighted by atomic mass is 9.87. The number of benzene rings is 1. The summed E-state index contributed by atoms with van der Waals surface area (Å²) in [6.07, 6.45) is 5.49. The van der Waals surface area contributed by atoms with Gasteiger partial charge >= 0.3 is 0 Å². The molecular weight excluding hydrogens is 206 g/mol. The highest BCUT2D eigenvalue weighted by Gasteiger charge is 2.17. The maximum atomic E-state index is 3.73. The van der Waals surface area contributed by atoms with E-state index >= 15 is 0 Å². The molecule has 0 unspecified atom stereocenters. The summed E-state index contributed by atoms with van der Waals surface area (Å²) in [5, 5.41) is 3.73. The van der Waals surface area contributed by atoms with Crippen LogP contribution in [0.2, 0.25) is 0 Å². The van der Waals surface area contributed by atoms with E-state index in [9.17, 15) is 0 Å². The third kappa shape index (κ3) is 3.32. The molecule has 0 saturated heterocycles. The monoisotopic (exact) mass is 231 g/mol. The van der Waals surface area contributed by atoms with E-state index in [0.717, 1.165) is 18.5 Å². The third-order valence-corrected chi connectivity index (χ3v) is 4.31. The van der Waals surface area contributed by atoms with Crippen molar-refractivity contribution in [1.29, 1.82) is 0 Å². The number of hydrogen-bond acceptors (Lipinski definition) is 1. The van der Waals surface area contributed by atoms with Gasteiger partial charge in [0.2, 0.25) is 0 Å². The molecule has 2 rings (SSSR count). The van der Waals surface area contributed by atoms with Gasteiger partial charge in [0.25, 0.3) is 0 Å². The molecular formula is C16H25N. The molecule has 0 aliphatic heterocycles. The molecule has 0 aromatic heterocycles. The molecule has 1 saturated carbocycles. The van der Waals surface area contributed by atoms with Gasteiger partial charge in [-0.15, -0.1) is 0 Å². The molecule has 1 aromatic rings. The Labute approximate surface area is 106 Å². The Balaban J connectivity index is 1.87. The van der Waals surface area contributed by atoms with Crippen LogP contribution in [0.1, 0.15) is 49.3 Å². The largest absolute Gasteiger partial charge is 0.310 e. The van der Waals surface area contributed by atoms with Crippen molar-refractivity contribution in [2.75, 3.05) is 0 Å². The van der Waals surface area contributed by atoms with Crippen molar-refractivity contribution in [2.24, 2.45) is 5.92 Å². The molecule has 17 heavy (non-hydrogen) atoms. The zero-order valence-corrected chi connectivity index (χ0v) is 11.4. The number of aryl methyl sites for hydroxylation is 1. The topological polar surface area (TPSA) is 12.0 Å². The van der Waals surface area contributed by atoms with Crippen LogP contribution >= 0.6 is 0 Å². The Morgan fingerprint density at radius 2 is 1.82 bits per heavy atom. The molecule has 1 heteroatoms. The van der Waals surface area contributed by atoms with Gasteiger partial charge in [-0.25, -0.2) is 0 Å². The fraction of sp³-hybridized carbons (Fsp3) is 0.625. The van der Waals surface area contributed by atoms with Crippen molar-refractivity contribution in [3.63, 3.8) is 0 Å². The minimum Gasteiger partial charge on any atom is -0.310 e. The number of hydrogen-bond donors (Lipinski definition) is 1. The normalized spacial score (nSPS) is 24.9. The van der Waals surface area contributed by atoms with E-state index in [1.165, 1.54) is 42.4 Å². The minimum atomic E-state index is 0.742. The Hall–Kier alpha value is -0.820. The first-order valence-electron chi connectivity index (χ1n) is 6.95. The van der Waals surface area contributed by atoms with Crippen molar-refractivity contribution in [3.8, 4) is 0 Å². The van der Waals surface area contributed by atoms with Crippen LogP contribution in [-0.2, 0) is 6.54 Å². The highest BCUT2D eigenvalue weighted by molar-refractivity contribution is 5.32. The Bertz CT molecular complexity index is 362. The molecule has 0 bridgehead atoms. The molecule has 0 radical (unpaired) electrons. The maximum Gasteiger partial charge on any atom is 0.0210 e. The molecule has 1 nitrogen and oxygen atoms in total. The van der Waals surface area contributed by atoms with Gasteiger partial charge in [0, 0.05) is 12.6 Å². The second-order valence-electron chi connectivity index (χ2n) is 5.70. The van der Waals surface area contributed by atoms with Crippen molar-refractivity contribution in [1.82, 2.24) is 5.32 Å². The molecule has 1 aliphatic rings. The van der Waals surface area contributed by atoms with Crippen molar-refractivity contribution in [2.45, 2.75) is 59.0 Å². The van der Waals surface area contributed by atoms with E-state index in [2.05, 4.69) is 44.3 Å². The third-order valence-electron chi connectivity index (χ3n) is 4.31. The maximum absolute atomic E-state index is 3.73. The summed E-state index contributed by atoms with van der Waals surface area (Å²) < 4.78 is 0. The summed E-state index contributed by atoms with van der Waals surface area (Å²) in [5.74, 6) is 0.939. The Morgan fingerprint density at radius 1 is 1.12 bits per heavy atom. The van der Waals surface area contributed by atoms with Gasteiger partial charge < -0.3 is 5.32 Å². The van der Waals surface area contributed by atoms with E-state index in [4.69, 9.17) is 0 Å². The molecule has 0 atom stereocenters. The predicted octanol–water partition coefficient (Wildman–Crippen LogP) is 3.97. The fourth-order valence-electron chi connectivity index (χ4n) is 2.72. The lowest BCUT2D eigenvalue weighted by molar-refractivity contribution is 0.306. The Kier molecular flexibility index (Phi) is 4.22. The van der Waals surface area contributed by atoms with Crippen LogP contribution in [0.4, 0.5) is 0 Å². The second-order valence-corrected chi connectivity index (χ2v) is 5.70. The average molecular weight is 231 g/mol. The summed E-state index contributed by atoms with van der Waals surface area (Å²) in [6.45, 7) is 7.84. The van der Waals surface area contributed by atoms with Crippen LogP contribution in [-0.4, -0.2) is 6.04 Å². The van der Waals surface area contributed by atoms with Crippen LogP contribution in [0, 0.1) is 19.8 Å². The van der Waals surface area contributed by atoms with E-state index in [1.807, 2.05) is 0 Å². The van der Waals surface area contributed by atoms with E-state index in [1.54, 1.807) is 0 Å². The molecule has 0 heterocycles. The summed E-state index contributed by atoms with van der Waals surface area (Å²) >= 11 is 0. The fourth-order valence-corrected chi connectivity index (χ4v) is 2.72. The van der Waals surface area contributed by atoms with E-state index in [0.29, 0.717) is 0 Å². The molecule has 0 spiro atoms. The zero-order valence-electron chi connectivity index (χ0n) is 11.4. The van der Waals surface area contributed by atoms with Gasteiger partial charge in [-0.1, -0.05) is 25.1 Å². The molecule has 1 N–H and O–H groups in total. The SMILES string of the molecule is Cc1cccc(CNC2CCC(C)CC2)c1C. The van der Waals surface area contributed by atoms with E-state index < -0.39 is 0 Å². The highest BCUT2D eigenvalue weighted by atomic mass is 14.9. The van der Waals surface area contributed by atoms with Gasteiger partial charge in [-0.3, -0.25) is 0 Å². The lowest BCUT2D eigenvalue weighted by Crippen LogP contribution is -2.32. The van der Waals surface area contributed by atoms with Gasteiger partial charge in [-0.05, 0) is 62.1 Å². The van der Waals surface area contributed by atoms with Crippen LogP contribution in [0.3, 0.4) is 0 Å². The first kappa shape index (κ1) is 12.6. The lowest BCUT2D eigenvalue weighted by Gasteiger charge is -2.27. The smallest absolute Gasteiger partial charge is 0.0210 e. The summed E-state index contributed by atoms with van der Waals surface area (Å²) in [6, 6.07) is 7.36. The van der Waals surface area contributed by atoms with Crippen molar-refractivity contribution >= 4 is 0 Å². The summed E-state index contributed by atoms with van der Waals surface area (Å²) in [5.41, 5.74) is 4.31. The molecule has 0 amide bonds. The molecule has 1 fully saturated rings. The van der Waals surface area contributed by atoms with Crippen molar-refractivity contribution < 1.29 is 0 Å². The minimum absolute atomic E-state index is 0.742. The van der Waals surface area contributed by atoms with Crippen molar-refractivity contribution in [3.05, 3.63) is 34.9 Å². The first-order valence-corrected chi connectivity index (χ1v) is 6.95. The summed E-state index contributed by atoms with van der Waals surface area (Å²) in [4.78, 5) is 0. The van der Waals surface area contributed by atoms with Crippen LogP contribution < -0.4 is 5.32 Å². The van der Waals surface area contributed by atoms with Gasteiger partial charge in [0.05, 0.1) is 0 Å². The van der Waals surface area contributed by atoms with Gasteiger partial charge in [-0.2, -0.15) is 0 Å². The second kappa shape index (κ2) is 5.68. The summed E-state index contributed by atoms with van der Waals surface area (Å²) in [7, 11) is 0. The highest BCUT2D eigenvalue weighted by Crippen LogP contribution is 2.24. The van der Waals surface area contributed by atoms with E-state index in [-0.39, 0.29) is 0 Å². The first-order chi connectivity index (χ1) is 8.16. The molecule has 1 aliphatic carbocycles. The standard InChI is InChI=1S/C16H25N/c1-12-7-9-16(10-8-12)17-11-15-6-4-5-13(2)14(15)3/h4-6,12,16-17H,7-11H2,1-3H3. The molecule has 1 aromatic carbocycles. The zero-order chi connectivity index (χ0) is 12.3. The van der Waals surface area contributed by atoms with Crippen LogP contribution in [0.15, 0.2) is 18.2 Å². The van der Waals surface area contributed by atoms with Crippen LogP contribution in [0.25, 0.3) is 0 Å². The van der Waals surface area contributed by atoms with Gasteiger partial charge in [0.15, 0.2) is 0 Å². The Morgan fingerprint density at radius 3 is 2.53 bits per heavy atom. The van der Waals surface area contributed by atoms with Gasteiger partial charge in [0.1, 0.15) is 0 Å². The van der Waals surface area contributed by atoms with Crippen LogP contribution in [0.5, 0.6) is 0 Å².